The number of halogens is 1. The molecule has 26 heavy (non-hydrogen) atoms. The number of aliphatic imine (C=N–C) groups is 1. The van der Waals surface area contributed by atoms with E-state index in [1.165, 1.54) is 31.4 Å². The molecule has 150 valence electrons. The number of rotatable bonds is 8. The Morgan fingerprint density at radius 2 is 2.12 bits per heavy atom. The Kier molecular flexibility index (Phi) is 12.0. The molecular formula is C17H33IN6S2. The van der Waals surface area contributed by atoms with Gasteiger partial charge in [-0.25, -0.2) is 4.99 Å². The molecule has 1 saturated carbocycles. The summed E-state index contributed by atoms with van der Waals surface area (Å²) in [6, 6.07) is 0.513. The van der Waals surface area contributed by atoms with Gasteiger partial charge in [-0.2, -0.15) is 23.5 Å². The molecule has 1 heterocycles. The van der Waals surface area contributed by atoms with Gasteiger partial charge in [0.15, 0.2) is 11.8 Å². The van der Waals surface area contributed by atoms with E-state index in [0.717, 1.165) is 35.8 Å². The van der Waals surface area contributed by atoms with Gasteiger partial charge in [0.1, 0.15) is 12.4 Å². The van der Waals surface area contributed by atoms with Crippen molar-refractivity contribution in [3.05, 3.63) is 11.6 Å². The minimum Gasteiger partial charge on any atom is -0.356 e. The molecule has 0 saturated heterocycles. The van der Waals surface area contributed by atoms with Crippen LogP contribution >= 0.6 is 47.5 Å². The minimum absolute atomic E-state index is 0. The van der Waals surface area contributed by atoms with Crippen molar-refractivity contribution in [1.82, 2.24) is 25.4 Å². The molecule has 6 nitrogen and oxygen atoms in total. The number of guanidine groups is 1. The lowest BCUT2D eigenvalue weighted by molar-refractivity contribution is 0.418. The summed E-state index contributed by atoms with van der Waals surface area (Å²) in [5.74, 6) is 3.89. The van der Waals surface area contributed by atoms with Gasteiger partial charge in [0, 0.05) is 24.9 Å². The quantitative estimate of drug-likeness (QED) is 0.241. The van der Waals surface area contributed by atoms with Gasteiger partial charge in [-0.05, 0) is 50.9 Å². The average Bonchev–Trinajstić information content (AvgIpc) is 2.95. The first-order chi connectivity index (χ1) is 12.1. The maximum atomic E-state index is 4.77. The fourth-order valence-electron chi connectivity index (χ4n) is 3.00. The highest BCUT2D eigenvalue weighted by Gasteiger charge is 2.22. The van der Waals surface area contributed by atoms with E-state index in [2.05, 4.69) is 33.3 Å². The second-order valence-electron chi connectivity index (χ2n) is 6.53. The highest BCUT2D eigenvalue weighted by Crippen LogP contribution is 2.26. The summed E-state index contributed by atoms with van der Waals surface area (Å²) in [6.45, 7) is 3.46. The van der Waals surface area contributed by atoms with Crippen molar-refractivity contribution in [1.29, 1.82) is 0 Å². The smallest absolute Gasteiger partial charge is 0.191 e. The number of nitrogens with one attached hydrogen (secondary N) is 2. The van der Waals surface area contributed by atoms with Crippen molar-refractivity contribution in [3.63, 3.8) is 0 Å². The van der Waals surface area contributed by atoms with Gasteiger partial charge in [-0.15, -0.1) is 34.2 Å². The summed E-state index contributed by atoms with van der Waals surface area (Å²) in [5, 5.41) is 16.2. The molecule has 2 rings (SSSR count). The molecule has 1 aromatic heterocycles. The Hall–Kier alpha value is -0.160. The third kappa shape index (κ3) is 7.84. The van der Waals surface area contributed by atoms with E-state index < -0.39 is 0 Å². The molecule has 0 aliphatic heterocycles. The number of nitrogens with zero attached hydrogens (tertiary/aromatic N) is 4. The zero-order valence-electron chi connectivity index (χ0n) is 16.3. The van der Waals surface area contributed by atoms with Crippen molar-refractivity contribution in [2.24, 2.45) is 12.0 Å². The molecule has 2 unspecified atom stereocenters. The zero-order valence-corrected chi connectivity index (χ0v) is 20.3. The van der Waals surface area contributed by atoms with Crippen LogP contribution in [0, 0.1) is 6.92 Å². The predicted molar refractivity (Wildman–Crippen MR) is 126 cm³/mol. The van der Waals surface area contributed by atoms with Crippen LogP contribution in [-0.4, -0.2) is 56.8 Å². The van der Waals surface area contributed by atoms with E-state index in [-0.39, 0.29) is 24.0 Å². The summed E-state index contributed by atoms with van der Waals surface area (Å²) in [6.07, 6.45) is 10.6. The van der Waals surface area contributed by atoms with Gasteiger partial charge >= 0.3 is 0 Å². The van der Waals surface area contributed by atoms with Crippen LogP contribution in [0.5, 0.6) is 0 Å². The molecular weight excluding hydrogens is 479 g/mol. The van der Waals surface area contributed by atoms with E-state index in [9.17, 15) is 0 Å². The molecule has 1 fully saturated rings. The predicted octanol–water partition coefficient (Wildman–Crippen LogP) is 3.20. The fourth-order valence-corrected chi connectivity index (χ4v) is 4.26. The van der Waals surface area contributed by atoms with Crippen LogP contribution in [0.1, 0.15) is 43.8 Å². The van der Waals surface area contributed by atoms with Crippen molar-refractivity contribution in [3.8, 4) is 0 Å². The van der Waals surface area contributed by atoms with Crippen LogP contribution in [0.3, 0.4) is 0 Å². The van der Waals surface area contributed by atoms with Gasteiger partial charge in [-0.1, -0.05) is 6.42 Å². The summed E-state index contributed by atoms with van der Waals surface area (Å²) in [5.41, 5.74) is 0. The SMILES string of the molecule is CSCCCNC(=NCc1nnc(C)n1C)NC1CCCC(SC)C1.I. The number of thioether (sulfide) groups is 2. The molecule has 0 bridgehead atoms. The lowest BCUT2D eigenvalue weighted by atomic mass is 9.95. The van der Waals surface area contributed by atoms with E-state index in [4.69, 9.17) is 4.99 Å². The average molecular weight is 513 g/mol. The van der Waals surface area contributed by atoms with Crippen molar-refractivity contribution < 1.29 is 0 Å². The minimum atomic E-state index is 0. The summed E-state index contributed by atoms with van der Waals surface area (Å²) in [4.78, 5) is 4.77. The molecule has 9 heteroatoms. The first-order valence-electron chi connectivity index (χ1n) is 9.05. The molecule has 0 radical (unpaired) electrons. The topological polar surface area (TPSA) is 67.1 Å². The highest BCUT2D eigenvalue weighted by molar-refractivity contribution is 14.0. The largest absolute Gasteiger partial charge is 0.356 e. The zero-order chi connectivity index (χ0) is 18.1. The first kappa shape index (κ1) is 23.9. The third-order valence-electron chi connectivity index (χ3n) is 4.68. The molecule has 0 aromatic carbocycles. The van der Waals surface area contributed by atoms with Gasteiger partial charge in [0.2, 0.25) is 0 Å². The third-order valence-corrected chi connectivity index (χ3v) is 6.47. The normalized spacial score (nSPS) is 20.5. The van der Waals surface area contributed by atoms with E-state index in [1.807, 2.05) is 42.1 Å². The number of aryl methyl sites for hydroxylation is 1. The molecule has 1 aliphatic carbocycles. The van der Waals surface area contributed by atoms with Crippen LogP contribution in [-0.2, 0) is 13.6 Å². The van der Waals surface area contributed by atoms with Crippen LogP contribution in [0.2, 0.25) is 0 Å². The fraction of sp³-hybridized carbons (Fsp3) is 0.824. The molecule has 0 amide bonds. The monoisotopic (exact) mass is 512 g/mol. The first-order valence-corrected chi connectivity index (χ1v) is 11.7. The van der Waals surface area contributed by atoms with Crippen LogP contribution in [0.15, 0.2) is 4.99 Å². The molecule has 0 spiro atoms. The molecule has 2 atom stereocenters. The standard InChI is InChI=1S/C17H32N6S2.HI/c1-13-21-22-16(23(13)2)12-19-17(18-9-6-10-24-3)20-14-7-5-8-15(11-14)25-4;/h14-15H,5-12H2,1-4H3,(H2,18,19,20);1H. The van der Waals surface area contributed by atoms with Gasteiger partial charge in [-0.3, -0.25) is 0 Å². The Morgan fingerprint density at radius 1 is 1.31 bits per heavy atom. The second-order valence-corrected chi connectivity index (χ2v) is 8.65. The van der Waals surface area contributed by atoms with E-state index >= 15 is 0 Å². The summed E-state index contributed by atoms with van der Waals surface area (Å²) < 4.78 is 2.00. The summed E-state index contributed by atoms with van der Waals surface area (Å²) in [7, 11) is 1.99. The van der Waals surface area contributed by atoms with E-state index in [1.54, 1.807) is 0 Å². The number of hydrogen-bond donors (Lipinski definition) is 2. The van der Waals surface area contributed by atoms with Crippen LogP contribution < -0.4 is 10.6 Å². The van der Waals surface area contributed by atoms with Crippen molar-refractivity contribution in [2.75, 3.05) is 24.8 Å². The molecule has 1 aliphatic rings. The maximum Gasteiger partial charge on any atom is 0.191 e. The Labute approximate surface area is 183 Å². The van der Waals surface area contributed by atoms with Gasteiger partial charge in [0.05, 0.1) is 0 Å². The number of hydrogen-bond acceptors (Lipinski definition) is 5. The Balaban J connectivity index is 0.00000338. The highest BCUT2D eigenvalue weighted by atomic mass is 127. The van der Waals surface area contributed by atoms with Crippen LogP contribution in [0.25, 0.3) is 0 Å². The number of aromatic nitrogens is 3. The maximum absolute atomic E-state index is 4.77. The van der Waals surface area contributed by atoms with Crippen molar-refractivity contribution in [2.45, 2.75) is 56.9 Å². The lowest BCUT2D eigenvalue weighted by Crippen LogP contribution is -2.46. The molecule has 2 N–H and O–H groups in total. The van der Waals surface area contributed by atoms with Crippen LogP contribution in [0.4, 0.5) is 0 Å². The van der Waals surface area contributed by atoms with Gasteiger partial charge in [0.25, 0.3) is 0 Å². The lowest BCUT2D eigenvalue weighted by Gasteiger charge is -2.30. The summed E-state index contributed by atoms with van der Waals surface area (Å²) >= 11 is 3.87. The van der Waals surface area contributed by atoms with E-state index in [0.29, 0.717) is 12.6 Å². The Morgan fingerprint density at radius 3 is 2.77 bits per heavy atom. The molecule has 1 aromatic rings. The van der Waals surface area contributed by atoms with Crippen molar-refractivity contribution >= 4 is 53.5 Å². The Bertz CT molecular complexity index is 551. The van der Waals surface area contributed by atoms with Gasteiger partial charge < -0.3 is 15.2 Å². The second kappa shape index (κ2) is 13.1.